The van der Waals surface area contributed by atoms with E-state index in [1.165, 1.54) is 51.3 Å². The van der Waals surface area contributed by atoms with E-state index in [-0.39, 0.29) is 6.61 Å². The Morgan fingerprint density at radius 2 is 0.689 bits per heavy atom. The van der Waals surface area contributed by atoms with Crippen LogP contribution in [0.2, 0.25) is 0 Å². The Balaban J connectivity index is 1.97. The van der Waals surface area contributed by atoms with E-state index < -0.39 is 79.2 Å². The molecule has 0 N–H and O–H groups in total. The van der Waals surface area contributed by atoms with E-state index in [1.807, 2.05) is 6.92 Å². The van der Waals surface area contributed by atoms with Crippen LogP contribution in [0.4, 0.5) is 0 Å². The Kier molecular flexibility index (Phi) is 9.57. The molecule has 0 aromatic carbocycles. The molecule has 6 rings (SSSR count). The molecule has 0 amide bonds. The van der Waals surface area contributed by atoms with Crippen molar-refractivity contribution in [1.29, 1.82) is 0 Å². The molecule has 0 saturated carbocycles. The predicted molar refractivity (Wildman–Crippen MR) is 179 cm³/mol. The largest absolute Gasteiger partial charge is 0.656 e. The molecular formula is C22H36O14Si9. The molecule has 6 saturated heterocycles. The van der Waals surface area contributed by atoms with Gasteiger partial charge in [-0.25, -0.2) is 0 Å². The molecule has 4 unspecified atom stereocenters. The van der Waals surface area contributed by atoms with E-state index in [0.29, 0.717) is 6.42 Å². The zero-order valence-electron chi connectivity index (χ0n) is 24.9. The predicted octanol–water partition coefficient (Wildman–Crippen LogP) is 3.06. The van der Waals surface area contributed by atoms with Gasteiger partial charge in [0.15, 0.2) is 0 Å². The van der Waals surface area contributed by atoms with Gasteiger partial charge in [0.25, 0.3) is 0 Å². The van der Waals surface area contributed by atoms with Crippen LogP contribution in [0.5, 0.6) is 0 Å². The maximum atomic E-state index is 6.81. The molecule has 0 aromatic rings. The van der Waals surface area contributed by atoms with Crippen molar-refractivity contribution in [3.05, 3.63) is 111 Å². The fourth-order valence-corrected chi connectivity index (χ4v) is 48.2. The minimum Gasteiger partial charge on any atom is -0.385 e. The molecule has 6 aliphatic rings. The fourth-order valence-electron chi connectivity index (χ4n) is 4.63. The van der Waals surface area contributed by atoms with E-state index in [1.54, 1.807) is 0 Å². The van der Waals surface area contributed by atoms with Crippen molar-refractivity contribution in [2.45, 2.75) is 19.8 Å². The normalized spacial score (nSPS) is 46.3. The number of fused-ring (bicyclic) bond motifs is 2. The van der Waals surface area contributed by atoms with E-state index in [0.717, 1.165) is 6.42 Å². The molecule has 0 aromatic heterocycles. The summed E-state index contributed by atoms with van der Waals surface area (Å²) in [5, 5.41) is 0. The lowest BCUT2D eigenvalue weighted by molar-refractivity contribution is -0.0231. The lowest BCUT2D eigenvalue weighted by atomic mass is 10.4. The second-order valence-corrected chi connectivity index (χ2v) is 35.3. The van der Waals surface area contributed by atoms with Crippen LogP contribution < -0.4 is 0 Å². The molecule has 6 aliphatic heterocycles. The van der Waals surface area contributed by atoms with Crippen molar-refractivity contribution < 1.29 is 57.9 Å². The van der Waals surface area contributed by atoms with Crippen molar-refractivity contribution in [1.82, 2.24) is 0 Å². The average molecular weight is 777 g/mol. The third kappa shape index (κ3) is 5.99. The second kappa shape index (κ2) is 12.2. The molecule has 0 radical (unpaired) electrons. The van der Waals surface area contributed by atoms with Gasteiger partial charge >= 0.3 is 79.2 Å². The first-order valence-corrected chi connectivity index (χ1v) is 30.0. The van der Waals surface area contributed by atoms with Gasteiger partial charge in [0.1, 0.15) is 0 Å². The minimum absolute atomic E-state index is 0.121. The van der Waals surface area contributed by atoms with E-state index in [2.05, 4.69) is 59.2 Å². The zero-order chi connectivity index (χ0) is 32.9. The second-order valence-electron chi connectivity index (χ2n) is 9.81. The Hall–Kier alpha value is -0.948. The highest BCUT2D eigenvalue weighted by Gasteiger charge is 2.81. The summed E-state index contributed by atoms with van der Waals surface area (Å²) in [6, 6.07) is 0. The summed E-state index contributed by atoms with van der Waals surface area (Å²) < 4.78 is 94.3. The van der Waals surface area contributed by atoms with Crippen molar-refractivity contribution >= 4 is 79.2 Å². The molecular weight excluding hydrogens is 741 g/mol. The lowest BCUT2D eigenvalue weighted by Gasteiger charge is -2.58. The molecule has 0 spiro atoms. The summed E-state index contributed by atoms with van der Waals surface area (Å²) >= 11 is 0. The minimum atomic E-state index is -4.66. The third-order valence-corrected chi connectivity index (χ3v) is 41.4. The van der Waals surface area contributed by atoms with E-state index >= 15 is 0 Å². The van der Waals surface area contributed by atoms with Crippen LogP contribution in [-0.4, -0.2) is 85.8 Å². The highest BCUT2D eigenvalue weighted by molar-refractivity contribution is 7.06. The molecule has 6 fully saturated rings. The maximum absolute atomic E-state index is 6.81. The van der Waals surface area contributed by atoms with Crippen molar-refractivity contribution in [2.75, 3.05) is 6.61 Å². The van der Waals surface area contributed by atoms with Crippen LogP contribution in [0.3, 0.4) is 0 Å². The lowest BCUT2D eigenvalue weighted by Crippen LogP contribution is -2.86. The van der Waals surface area contributed by atoms with Crippen LogP contribution in [0.25, 0.3) is 0 Å². The summed E-state index contributed by atoms with van der Waals surface area (Å²) in [5.74, 6) is 0. The molecule has 45 heavy (non-hydrogen) atoms. The number of rotatable bonds is 13. The number of hydrogen-bond donors (Lipinski definition) is 0. The smallest absolute Gasteiger partial charge is 0.385 e. The van der Waals surface area contributed by atoms with Crippen LogP contribution in [0.1, 0.15) is 19.8 Å². The average Bonchev–Trinajstić information content (AvgIpc) is 3.01. The van der Waals surface area contributed by atoms with Gasteiger partial charge in [0.05, 0.1) is 0 Å². The SMILES string of the molecule is C=C[Si]1(C=C)O[Si]2(C=C)O[Si]3(C=C)O[Si]4(C=C)O[Si](C=C)(O2)O[Si]2(C=C)O[Si](C=C)(O4)O[Si](C=C)(O3)O[Si](OCCCC)(O1)O2. The van der Waals surface area contributed by atoms with Crippen LogP contribution in [-0.2, 0) is 57.9 Å². The molecule has 0 aliphatic carbocycles. The van der Waals surface area contributed by atoms with Crippen molar-refractivity contribution in [3.8, 4) is 0 Å². The molecule has 244 valence electrons. The quantitative estimate of drug-likeness (QED) is 0.201. The van der Waals surface area contributed by atoms with Gasteiger partial charge in [-0.05, 0) is 57.7 Å². The van der Waals surface area contributed by atoms with Gasteiger partial charge < -0.3 is 57.9 Å². The topological polar surface area (TPSA) is 129 Å². The van der Waals surface area contributed by atoms with E-state index in [4.69, 9.17) is 57.9 Å². The van der Waals surface area contributed by atoms with Gasteiger partial charge in [0.2, 0.25) is 0 Å². The summed E-state index contributed by atoms with van der Waals surface area (Å²) in [7, 11) is -39.2. The third-order valence-electron chi connectivity index (χ3n) is 6.78. The number of unbranched alkanes of at least 4 members (excludes halogenated alkanes) is 1. The standard InChI is InChI=1S/C22H36O14Si9/c1-11-21-22-23-45-25-37(12-2,13-3)24-38(14-4)26-39(15-5)28-41(17-7)29-40(16-6,27-38)32-44(20-10,36-45)34-42(18-8,30-41)33-43(19-9,31-39)35-45/h12-20H,2-11,21-22H2,1H3. The van der Waals surface area contributed by atoms with E-state index in [9.17, 15) is 0 Å². The van der Waals surface area contributed by atoms with Crippen molar-refractivity contribution in [3.63, 3.8) is 0 Å². The Bertz CT molecular complexity index is 1270. The van der Waals surface area contributed by atoms with Gasteiger partial charge in [-0.1, -0.05) is 13.3 Å². The molecule has 23 heteroatoms. The molecule has 6 heterocycles. The summed E-state index contributed by atoms with van der Waals surface area (Å²) in [6.45, 7) is 38.1. The van der Waals surface area contributed by atoms with Crippen molar-refractivity contribution in [2.24, 2.45) is 0 Å². The van der Waals surface area contributed by atoms with Gasteiger partial charge in [0, 0.05) is 6.61 Å². The van der Waals surface area contributed by atoms with Gasteiger partial charge in [-0.2, -0.15) is 0 Å². The fraction of sp³-hybridized carbons (Fsp3) is 0.182. The maximum Gasteiger partial charge on any atom is 0.656 e. The highest BCUT2D eigenvalue weighted by atomic mass is 28.6. The highest BCUT2D eigenvalue weighted by Crippen LogP contribution is 2.48. The molecule has 8 bridgehead atoms. The Morgan fingerprint density at radius 3 is 0.956 bits per heavy atom. The van der Waals surface area contributed by atoms with Crippen LogP contribution >= 0.6 is 0 Å². The number of hydrogen-bond acceptors (Lipinski definition) is 14. The Morgan fingerprint density at radius 1 is 0.400 bits per heavy atom. The first-order valence-electron chi connectivity index (χ1n) is 13.8. The van der Waals surface area contributed by atoms with Gasteiger partial charge in [-0.3, -0.25) is 0 Å². The molecule has 4 atom stereocenters. The Labute approximate surface area is 273 Å². The summed E-state index contributed by atoms with van der Waals surface area (Å²) in [6.07, 6.45) is 1.36. The summed E-state index contributed by atoms with van der Waals surface area (Å²) in [4.78, 5) is 0. The first kappa shape index (κ1) is 35.4. The monoisotopic (exact) mass is 776 g/mol. The first-order chi connectivity index (χ1) is 21.3. The van der Waals surface area contributed by atoms with Crippen LogP contribution in [0, 0.1) is 0 Å². The summed E-state index contributed by atoms with van der Waals surface area (Å²) in [5.41, 5.74) is 12.3. The molecule has 14 nitrogen and oxygen atoms in total. The van der Waals surface area contributed by atoms with Crippen LogP contribution in [0.15, 0.2) is 111 Å². The zero-order valence-corrected chi connectivity index (χ0v) is 33.9. The van der Waals surface area contributed by atoms with Gasteiger partial charge in [-0.15, -0.1) is 59.2 Å².